The van der Waals surface area contributed by atoms with Crippen LogP contribution >= 0.6 is 0 Å². The molecule has 0 amide bonds. The van der Waals surface area contributed by atoms with Crippen LogP contribution in [0.5, 0.6) is 0 Å². The molecule has 2 heterocycles. The molecule has 0 bridgehead atoms. The van der Waals surface area contributed by atoms with E-state index in [4.69, 9.17) is 19.4 Å². The van der Waals surface area contributed by atoms with Crippen LogP contribution in [0, 0.1) is 0 Å². The molecule has 9 aromatic carbocycles. The third-order valence-corrected chi connectivity index (χ3v) is 13.5. The second kappa shape index (κ2) is 15.3. The van der Waals surface area contributed by atoms with Gasteiger partial charge >= 0.3 is 0 Å². The van der Waals surface area contributed by atoms with Crippen LogP contribution in [0.1, 0.15) is 47.2 Å². The number of fused-ring (bicyclic) bond motifs is 6. The lowest BCUT2D eigenvalue weighted by atomic mass is 9.65. The average Bonchev–Trinajstić information content (AvgIpc) is 3.87. The summed E-state index contributed by atoms with van der Waals surface area (Å²) in [5.74, 6) is 1.85. The molecule has 0 spiro atoms. The molecule has 4 nitrogen and oxygen atoms in total. The molecule has 0 saturated heterocycles. The molecule has 0 aliphatic heterocycles. The van der Waals surface area contributed by atoms with Crippen LogP contribution in [-0.4, -0.2) is 15.0 Å². The van der Waals surface area contributed by atoms with Crippen molar-refractivity contribution in [1.82, 2.24) is 15.0 Å². The maximum atomic E-state index is 6.64. The third-order valence-electron chi connectivity index (χ3n) is 13.5. The molecule has 0 fully saturated rings. The molecular weight excluding hydrogens is 791 g/mol. The van der Waals surface area contributed by atoms with Crippen LogP contribution in [0.2, 0.25) is 0 Å². The van der Waals surface area contributed by atoms with Gasteiger partial charge < -0.3 is 4.42 Å². The first kappa shape index (κ1) is 38.5. The van der Waals surface area contributed by atoms with Gasteiger partial charge in [-0.05, 0) is 79.9 Å². The number of benzene rings is 9. The normalized spacial score (nSPS) is 12.9. The Hall–Kier alpha value is -8.21. The summed E-state index contributed by atoms with van der Waals surface area (Å²) in [6.07, 6.45) is 0. The first-order valence-electron chi connectivity index (χ1n) is 22.3. The lowest BCUT2D eigenvalue weighted by Crippen LogP contribution is -2.31. The molecular formula is C61H43N3O. The summed E-state index contributed by atoms with van der Waals surface area (Å²) in [5, 5.41) is 1.96. The minimum atomic E-state index is -0.567. The van der Waals surface area contributed by atoms with E-state index in [0.29, 0.717) is 17.5 Å². The molecule has 1 aliphatic rings. The van der Waals surface area contributed by atoms with Gasteiger partial charge in [-0.25, -0.2) is 15.0 Å². The summed E-state index contributed by atoms with van der Waals surface area (Å²) < 4.78 is 6.64. The fourth-order valence-electron chi connectivity index (χ4n) is 10.5. The summed E-state index contributed by atoms with van der Waals surface area (Å²) in [4.78, 5) is 15.8. The molecule has 4 heteroatoms. The van der Waals surface area contributed by atoms with Crippen molar-refractivity contribution in [2.75, 3.05) is 0 Å². The van der Waals surface area contributed by atoms with Crippen LogP contribution in [0.4, 0.5) is 0 Å². The monoisotopic (exact) mass is 833 g/mol. The fraction of sp³-hybridized carbons (Fsp3) is 0.0656. The summed E-state index contributed by atoms with van der Waals surface area (Å²) in [7, 11) is 0. The summed E-state index contributed by atoms with van der Waals surface area (Å²) >= 11 is 0. The highest BCUT2D eigenvalue weighted by Crippen LogP contribution is 2.52. The standard InChI is InChI=1S/C61H43N3O/c1-60(2)51-33-16-15-30-47(51)55-48(31-18-34-52(55)60)58-62-57(40-20-7-3-8-21-40)63-59(64-58)49-32-19-35-54-56(49)50-39-42(36-37-53(50)65-54)41-22-17-29-46(38-41)61(43-23-9-4-10-24-43,44-25-11-5-12-26-44)45-27-13-6-14-28-45/h3-39H,1-2H3. The molecule has 1 aliphatic carbocycles. The van der Waals surface area contributed by atoms with Crippen molar-refractivity contribution in [3.05, 3.63) is 258 Å². The summed E-state index contributed by atoms with van der Waals surface area (Å²) in [6.45, 7) is 4.61. The molecule has 0 N–H and O–H groups in total. The van der Waals surface area contributed by atoms with Crippen molar-refractivity contribution >= 4 is 21.9 Å². The summed E-state index contributed by atoms with van der Waals surface area (Å²) in [6, 6.07) is 79.8. The first-order chi connectivity index (χ1) is 32.0. The average molecular weight is 834 g/mol. The lowest BCUT2D eigenvalue weighted by molar-refractivity contribution is 0.660. The highest BCUT2D eigenvalue weighted by atomic mass is 16.3. The quantitative estimate of drug-likeness (QED) is 0.143. The fourth-order valence-corrected chi connectivity index (χ4v) is 10.5. The Morgan fingerprint density at radius 2 is 0.862 bits per heavy atom. The zero-order valence-electron chi connectivity index (χ0n) is 36.1. The van der Waals surface area contributed by atoms with Gasteiger partial charge in [0.05, 0.1) is 5.41 Å². The van der Waals surface area contributed by atoms with Crippen LogP contribution < -0.4 is 0 Å². The largest absolute Gasteiger partial charge is 0.456 e. The molecule has 308 valence electrons. The van der Waals surface area contributed by atoms with Gasteiger partial charge in [-0.3, -0.25) is 0 Å². The number of rotatable bonds is 8. The van der Waals surface area contributed by atoms with E-state index in [9.17, 15) is 0 Å². The van der Waals surface area contributed by atoms with Crippen molar-refractivity contribution in [1.29, 1.82) is 0 Å². The Morgan fingerprint density at radius 1 is 0.369 bits per heavy atom. The van der Waals surface area contributed by atoms with E-state index < -0.39 is 5.41 Å². The van der Waals surface area contributed by atoms with Gasteiger partial charge in [0.1, 0.15) is 11.2 Å². The third kappa shape index (κ3) is 6.17. The summed E-state index contributed by atoms with van der Waals surface area (Å²) in [5.41, 5.74) is 15.6. The second-order valence-electron chi connectivity index (χ2n) is 17.5. The van der Waals surface area contributed by atoms with Crippen LogP contribution in [0.15, 0.2) is 229 Å². The van der Waals surface area contributed by atoms with E-state index in [1.54, 1.807) is 0 Å². The van der Waals surface area contributed by atoms with E-state index in [0.717, 1.165) is 49.8 Å². The molecule has 0 saturated carbocycles. The molecule has 0 unspecified atom stereocenters. The molecule has 0 radical (unpaired) electrons. The van der Waals surface area contributed by atoms with Crippen LogP contribution in [-0.2, 0) is 10.8 Å². The highest BCUT2D eigenvalue weighted by molar-refractivity contribution is 6.13. The number of nitrogens with zero attached hydrogens (tertiary/aromatic N) is 3. The lowest BCUT2D eigenvalue weighted by Gasteiger charge is -2.37. The number of hydrogen-bond donors (Lipinski definition) is 0. The van der Waals surface area contributed by atoms with E-state index in [1.807, 2.05) is 30.3 Å². The minimum Gasteiger partial charge on any atom is -0.456 e. The maximum Gasteiger partial charge on any atom is 0.164 e. The zero-order chi connectivity index (χ0) is 43.5. The van der Waals surface area contributed by atoms with Crippen molar-refractivity contribution in [2.24, 2.45) is 0 Å². The highest BCUT2D eigenvalue weighted by Gasteiger charge is 2.39. The first-order valence-corrected chi connectivity index (χ1v) is 22.3. The van der Waals surface area contributed by atoms with E-state index >= 15 is 0 Å². The molecule has 2 aromatic heterocycles. The van der Waals surface area contributed by atoms with Crippen molar-refractivity contribution in [2.45, 2.75) is 24.7 Å². The van der Waals surface area contributed by atoms with Gasteiger partial charge in [-0.15, -0.1) is 0 Å². The Bertz CT molecular complexity index is 3460. The van der Waals surface area contributed by atoms with Gasteiger partial charge in [0, 0.05) is 32.9 Å². The Morgan fingerprint density at radius 3 is 1.55 bits per heavy atom. The van der Waals surface area contributed by atoms with Crippen molar-refractivity contribution in [3.63, 3.8) is 0 Å². The predicted octanol–water partition coefficient (Wildman–Crippen LogP) is 15.1. The molecule has 11 aromatic rings. The number of furan rings is 1. The smallest absolute Gasteiger partial charge is 0.164 e. The topological polar surface area (TPSA) is 51.8 Å². The number of aromatic nitrogens is 3. The van der Waals surface area contributed by atoms with E-state index in [1.165, 1.54) is 44.5 Å². The molecule has 12 rings (SSSR count). The van der Waals surface area contributed by atoms with E-state index in [-0.39, 0.29) is 5.41 Å². The predicted molar refractivity (Wildman–Crippen MR) is 265 cm³/mol. The van der Waals surface area contributed by atoms with Gasteiger partial charge in [0.15, 0.2) is 17.5 Å². The molecule has 0 atom stereocenters. The van der Waals surface area contributed by atoms with Gasteiger partial charge in [0.25, 0.3) is 0 Å². The number of hydrogen-bond acceptors (Lipinski definition) is 4. The van der Waals surface area contributed by atoms with Crippen LogP contribution in [0.3, 0.4) is 0 Å². The minimum absolute atomic E-state index is 0.162. The SMILES string of the molecule is CC1(C)c2ccccc2-c2c(-c3nc(-c4ccccc4)nc(-c4cccc5oc6ccc(-c7cccc(C(c8ccccc8)(c8ccccc8)c8ccccc8)c7)cc6c45)n3)cccc21. The van der Waals surface area contributed by atoms with E-state index in [2.05, 4.69) is 208 Å². The van der Waals surface area contributed by atoms with Crippen LogP contribution in [0.25, 0.3) is 78.4 Å². The molecule has 65 heavy (non-hydrogen) atoms. The van der Waals surface area contributed by atoms with Gasteiger partial charge in [-0.1, -0.05) is 214 Å². The van der Waals surface area contributed by atoms with Crippen molar-refractivity contribution in [3.8, 4) is 56.4 Å². The Kier molecular flexibility index (Phi) is 9.03. The maximum absolute atomic E-state index is 6.64. The Balaban J connectivity index is 1.05. The second-order valence-corrected chi connectivity index (χ2v) is 17.5. The zero-order valence-corrected chi connectivity index (χ0v) is 36.1. The van der Waals surface area contributed by atoms with Crippen molar-refractivity contribution < 1.29 is 4.42 Å². The van der Waals surface area contributed by atoms with Gasteiger partial charge in [0.2, 0.25) is 0 Å². The van der Waals surface area contributed by atoms with Gasteiger partial charge in [-0.2, -0.15) is 0 Å². The Labute approximate surface area is 378 Å².